The number of hydrogen-bond acceptors (Lipinski definition) is 3. The highest BCUT2D eigenvalue weighted by molar-refractivity contribution is 5.99. The molecule has 2 aliphatic heterocycles. The van der Waals surface area contributed by atoms with Crippen molar-refractivity contribution in [3.8, 4) is 11.1 Å². The molecule has 2 aromatic rings. The molecule has 0 aliphatic carbocycles. The van der Waals surface area contributed by atoms with Gasteiger partial charge in [-0.25, -0.2) is 0 Å². The molecule has 0 bridgehead atoms. The summed E-state index contributed by atoms with van der Waals surface area (Å²) in [7, 11) is 0. The second-order valence-electron chi connectivity index (χ2n) is 6.86. The van der Waals surface area contributed by atoms with Crippen molar-refractivity contribution in [3.05, 3.63) is 60.2 Å². The molecule has 2 N–H and O–H groups in total. The minimum absolute atomic E-state index is 0.0418. The Kier molecular flexibility index (Phi) is 3.76. The molecule has 4 rings (SSSR count). The monoisotopic (exact) mass is 350 g/mol. The van der Waals surface area contributed by atoms with Crippen molar-refractivity contribution in [2.45, 2.75) is 0 Å². The van der Waals surface area contributed by atoms with Crippen LogP contribution in [0, 0.1) is 11.3 Å². The highest BCUT2D eigenvalue weighted by atomic mass is 16.4. The summed E-state index contributed by atoms with van der Waals surface area (Å²) in [5.41, 5.74) is 1.19. The normalized spacial score (nSPS) is 24.2. The number of hydrogen-bond donors (Lipinski definition) is 2. The van der Waals surface area contributed by atoms with Crippen LogP contribution in [-0.4, -0.2) is 47.4 Å². The van der Waals surface area contributed by atoms with Crippen LogP contribution >= 0.6 is 0 Å². The molecule has 2 saturated heterocycles. The van der Waals surface area contributed by atoms with Gasteiger partial charge in [-0.15, -0.1) is 0 Å². The zero-order chi connectivity index (χ0) is 18.3. The summed E-state index contributed by atoms with van der Waals surface area (Å²) in [6.45, 7) is 0.242. The average Bonchev–Trinajstić information content (AvgIpc) is 3.21. The number of carbonyl (C=O) groups is 3. The van der Waals surface area contributed by atoms with Gasteiger partial charge in [0.2, 0.25) is 5.91 Å². The highest BCUT2D eigenvalue weighted by Gasteiger charge is 2.60. The van der Waals surface area contributed by atoms with Crippen LogP contribution in [0.1, 0.15) is 10.4 Å². The number of benzene rings is 2. The molecule has 2 amide bonds. The molecule has 0 spiro atoms. The van der Waals surface area contributed by atoms with E-state index in [2.05, 4.69) is 5.32 Å². The van der Waals surface area contributed by atoms with Crippen molar-refractivity contribution < 1.29 is 19.5 Å². The summed E-state index contributed by atoms with van der Waals surface area (Å²) in [4.78, 5) is 38.2. The summed E-state index contributed by atoms with van der Waals surface area (Å²) in [5, 5.41) is 12.2. The zero-order valence-electron chi connectivity index (χ0n) is 14.0. The summed E-state index contributed by atoms with van der Waals surface area (Å²) < 4.78 is 0. The van der Waals surface area contributed by atoms with Crippen molar-refractivity contribution in [2.24, 2.45) is 11.3 Å². The van der Waals surface area contributed by atoms with E-state index >= 15 is 0 Å². The van der Waals surface area contributed by atoms with E-state index in [1.165, 1.54) is 4.90 Å². The van der Waals surface area contributed by atoms with Crippen molar-refractivity contribution in [2.75, 3.05) is 19.6 Å². The van der Waals surface area contributed by atoms with Crippen molar-refractivity contribution in [1.82, 2.24) is 10.2 Å². The van der Waals surface area contributed by atoms with Gasteiger partial charge in [-0.1, -0.05) is 42.5 Å². The molecule has 2 aromatic carbocycles. The first-order valence-corrected chi connectivity index (χ1v) is 8.47. The Morgan fingerprint density at radius 1 is 1.08 bits per heavy atom. The molecule has 26 heavy (non-hydrogen) atoms. The molecular weight excluding hydrogens is 332 g/mol. The molecular formula is C20H18N2O4. The number of likely N-dealkylation sites (tertiary alicyclic amines) is 1. The smallest absolute Gasteiger partial charge is 0.314 e. The number of carboxylic acids is 1. The summed E-state index contributed by atoms with van der Waals surface area (Å²) in [6, 6.07) is 17.0. The van der Waals surface area contributed by atoms with Gasteiger partial charge in [-0.05, 0) is 23.3 Å². The van der Waals surface area contributed by atoms with Crippen LogP contribution in [0.5, 0.6) is 0 Å². The molecule has 6 heteroatoms. The van der Waals surface area contributed by atoms with Crippen molar-refractivity contribution in [1.29, 1.82) is 0 Å². The molecule has 0 saturated carbocycles. The third-order valence-electron chi connectivity index (χ3n) is 5.37. The van der Waals surface area contributed by atoms with Crippen LogP contribution in [0.2, 0.25) is 0 Å². The first-order valence-electron chi connectivity index (χ1n) is 8.47. The molecule has 2 fully saturated rings. The maximum atomic E-state index is 12.9. The van der Waals surface area contributed by atoms with E-state index in [0.29, 0.717) is 5.56 Å². The Bertz CT molecular complexity index is 896. The molecule has 0 radical (unpaired) electrons. The topological polar surface area (TPSA) is 86.7 Å². The third-order valence-corrected chi connectivity index (χ3v) is 5.37. The maximum absolute atomic E-state index is 12.9. The average molecular weight is 350 g/mol. The molecule has 6 nitrogen and oxygen atoms in total. The number of amides is 2. The SMILES string of the molecule is O=C1NC[C@@]2(C(=O)O)CN(C(=O)c3cccc(-c4ccccc4)c3)C[C@@H]12. The molecule has 0 aromatic heterocycles. The predicted octanol–water partition coefficient (Wildman–Crippen LogP) is 1.63. The lowest BCUT2D eigenvalue weighted by Crippen LogP contribution is -2.41. The van der Waals surface area contributed by atoms with Gasteiger partial charge in [-0.2, -0.15) is 0 Å². The van der Waals surface area contributed by atoms with Crippen LogP contribution in [0.3, 0.4) is 0 Å². The Balaban J connectivity index is 1.62. The Morgan fingerprint density at radius 2 is 1.81 bits per heavy atom. The van der Waals surface area contributed by atoms with Crippen molar-refractivity contribution in [3.63, 3.8) is 0 Å². The van der Waals surface area contributed by atoms with Gasteiger partial charge in [0.15, 0.2) is 0 Å². The van der Waals surface area contributed by atoms with E-state index in [9.17, 15) is 19.5 Å². The lowest BCUT2D eigenvalue weighted by molar-refractivity contribution is -0.149. The standard InChI is InChI=1S/C20H18N2O4/c23-17-16-10-22(12-20(16,11-21-17)19(25)26)18(24)15-8-4-7-14(9-15)13-5-2-1-3-6-13/h1-9,16H,10-12H2,(H,21,23)(H,25,26)/t16-,20+/m0/s1. The van der Waals surface area contributed by atoms with E-state index < -0.39 is 17.3 Å². The molecule has 132 valence electrons. The summed E-state index contributed by atoms with van der Waals surface area (Å²) in [6.07, 6.45) is 0. The minimum atomic E-state index is -1.22. The lowest BCUT2D eigenvalue weighted by atomic mass is 9.81. The fraction of sp³-hybridized carbons (Fsp3) is 0.250. The maximum Gasteiger partial charge on any atom is 0.314 e. The zero-order valence-corrected chi connectivity index (χ0v) is 14.0. The number of rotatable bonds is 3. The number of nitrogens with one attached hydrogen (secondary N) is 1. The van der Waals surface area contributed by atoms with Gasteiger partial charge in [0.25, 0.3) is 5.91 Å². The van der Waals surface area contributed by atoms with Crippen molar-refractivity contribution >= 4 is 17.8 Å². The van der Waals surface area contributed by atoms with E-state index in [4.69, 9.17) is 0 Å². The number of carbonyl (C=O) groups excluding carboxylic acids is 2. The van der Waals surface area contributed by atoms with Crippen LogP contribution in [0.15, 0.2) is 54.6 Å². The first kappa shape index (κ1) is 16.3. The van der Waals surface area contributed by atoms with Gasteiger partial charge >= 0.3 is 5.97 Å². The molecule has 2 heterocycles. The van der Waals surface area contributed by atoms with Crippen LogP contribution in [0.4, 0.5) is 0 Å². The largest absolute Gasteiger partial charge is 0.481 e. The van der Waals surface area contributed by atoms with Gasteiger partial charge in [0, 0.05) is 25.2 Å². The molecule has 0 unspecified atom stereocenters. The number of nitrogens with zero attached hydrogens (tertiary/aromatic N) is 1. The van der Waals surface area contributed by atoms with Crippen LogP contribution < -0.4 is 5.32 Å². The van der Waals surface area contributed by atoms with E-state index in [1.54, 1.807) is 12.1 Å². The van der Waals surface area contributed by atoms with Gasteiger partial charge in [-0.3, -0.25) is 14.4 Å². The second-order valence-corrected chi connectivity index (χ2v) is 6.86. The van der Waals surface area contributed by atoms with E-state index in [1.807, 2.05) is 42.5 Å². The Hall–Kier alpha value is -3.15. The first-order chi connectivity index (χ1) is 12.5. The van der Waals surface area contributed by atoms with E-state index in [-0.39, 0.29) is 31.4 Å². The quantitative estimate of drug-likeness (QED) is 0.881. The van der Waals surface area contributed by atoms with Gasteiger partial charge in [0.1, 0.15) is 5.41 Å². The predicted molar refractivity (Wildman–Crippen MR) is 94.4 cm³/mol. The minimum Gasteiger partial charge on any atom is -0.481 e. The number of fused-ring (bicyclic) bond motifs is 1. The van der Waals surface area contributed by atoms with Crippen LogP contribution in [0.25, 0.3) is 11.1 Å². The van der Waals surface area contributed by atoms with E-state index in [0.717, 1.165) is 11.1 Å². The second kappa shape index (κ2) is 5.98. The fourth-order valence-electron chi connectivity index (χ4n) is 3.88. The third kappa shape index (κ3) is 2.45. The number of aliphatic carboxylic acids is 1. The summed E-state index contributed by atoms with van der Waals surface area (Å²) in [5.74, 6) is -2.26. The number of carboxylic acid groups (broad SMARTS) is 1. The fourth-order valence-corrected chi connectivity index (χ4v) is 3.88. The molecule has 2 aliphatic rings. The van der Waals surface area contributed by atoms with Crippen LogP contribution in [-0.2, 0) is 9.59 Å². The van der Waals surface area contributed by atoms with Gasteiger partial charge in [0.05, 0.1) is 5.92 Å². The Labute approximate surface area is 150 Å². The molecule has 2 atom stereocenters. The highest BCUT2D eigenvalue weighted by Crippen LogP contribution is 2.40. The Morgan fingerprint density at radius 3 is 2.50 bits per heavy atom. The lowest BCUT2D eigenvalue weighted by Gasteiger charge is -2.22. The van der Waals surface area contributed by atoms with Gasteiger partial charge < -0.3 is 15.3 Å². The summed E-state index contributed by atoms with van der Waals surface area (Å²) >= 11 is 0.